The van der Waals surface area contributed by atoms with Crippen molar-refractivity contribution in [1.82, 2.24) is 4.31 Å². The van der Waals surface area contributed by atoms with Crippen LogP contribution in [-0.2, 0) is 19.6 Å². The number of ketones is 1. The van der Waals surface area contributed by atoms with Gasteiger partial charge in [-0.3, -0.25) is 4.79 Å². The van der Waals surface area contributed by atoms with E-state index in [4.69, 9.17) is 4.74 Å². The van der Waals surface area contributed by atoms with Crippen molar-refractivity contribution in [3.05, 3.63) is 0 Å². The zero-order chi connectivity index (χ0) is 13.9. The first-order valence-corrected chi connectivity index (χ1v) is 8.87. The van der Waals surface area contributed by atoms with Gasteiger partial charge in [-0.1, -0.05) is 0 Å². The fraction of sp³-hybridized carbons (Fsp3) is 0.923. The Morgan fingerprint density at radius 3 is 2.74 bits per heavy atom. The molecule has 6 heteroatoms. The number of piperidine rings is 1. The molecular formula is C13H23NO4S. The highest BCUT2D eigenvalue weighted by Gasteiger charge is 2.30. The molecule has 2 atom stereocenters. The first-order chi connectivity index (χ1) is 8.97. The van der Waals surface area contributed by atoms with E-state index in [2.05, 4.69) is 0 Å². The van der Waals surface area contributed by atoms with E-state index in [0.717, 1.165) is 32.3 Å². The van der Waals surface area contributed by atoms with Gasteiger partial charge < -0.3 is 4.74 Å². The Balaban J connectivity index is 1.86. The van der Waals surface area contributed by atoms with Crippen LogP contribution >= 0.6 is 0 Å². The molecule has 2 aliphatic rings. The van der Waals surface area contributed by atoms with E-state index >= 15 is 0 Å². The lowest BCUT2D eigenvalue weighted by Gasteiger charge is -2.31. The number of carbonyl (C=O) groups excluding carboxylic acids is 1. The summed E-state index contributed by atoms with van der Waals surface area (Å²) < 4.78 is 29.9. The molecule has 0 bridgehead atoms. The monoisotopic (exact) mass is 289 g/mol. The van der Waals surface area contributed by atoms with E-state index in [0.29, 0.717) is 26.1 Å². The van der Waals surface area contributed by atoms with Gasteiger partial charge in [-0.15, -0.1) is 0 Å². The zero-order valence-electron chi connectivity index (χ0n) is 11.5. The molecule has 2 saturated heterocycles. The maximum absolute atomic E-state index is 12.2. The summed E-state index contributed by atoms with van der Waals surface area (Å²) in [6.07, 6.45) is 5.42. The molecule has 0 aromatic rings. The molecule has 0 saturated carbocycles. The summed E-state index contributed by atoms with van der Waals surface area (Å²) in [6, 6.07) is 0. The number of hydrogen-bond acceptors (Lipinski definition) is 4. The van der Waals surface area contributed by atoms with Crippen molar-refractivity contribution >= 4 is 15.8 Å². The van der Waals surface area contributed by atoms with Crippen LogP contribution in [0.5, 0.6) is 0 Å². The van der Waals surface area contributed by atoms with E-state index < -0.39 is 10.0 Å². The van der Waals surface area contributed by atoms with Gasteiger partial charge in [-0.2, -0.15) is 0 Å². The third kappa shape index (κ3) is 4.26. The highest BCUT2D eigenvalue weighted by atomic mass is 32.2. The van der Waals surface area contributed by atoms with Crippen LogP contribution < -0.4 is 0 Å². The molecule has 0 amide bonds. The van der Waals surface area contributed by atoms with Gasteiger partial charge in [0.15, 0.2) is 0 Å². The number of nitrogens with zero attached hydrogens (tertiary/aromatic N) is 1. The van der Waals surface area contributed by atoms with Crippen molar-refractivity contribution in [3.63, 3.8) is 0 Å². The van der Waals surface area contributed by atoms with Gasteiger partial charge >= 0.3 is 0 Å². The normalized spacial score (nSPS) is 30.2. The Morgan fingerprint density at radius 1 is 1.32 bits per heavy atom. The number of carbonyl (C=O) groups is 1. The number of sulfonamides is 1. The van der Waals surface area contributed by atoms with E-state index in [1.54, 1.807) is 0 Å². The number of rotatable bonds is 4. The Bertz CT molecular complexity index is 414. The Labute approximate surface area is 115 Å². The molecule has 2 aliphatic heterocycles. The number of hydrogen-bond donors (Lipinski definition) is 0. The van der Waals surface area contributed by atoms with Crippen LogP contribution in [0.2, 0.25) is 0 Å². The molecule has 2 unspecified atom stereocenters. The maximum atomic E-state index is 12.2. The van der Waals surface area contributed by atoms with Crippen molar-refractivity contribution in [1.29, 1.82) is 0 Å². The Morgan fingerprint density at radius 2 is 2.11 bits per heavy atom. The van der Waals surface area contributed by atoms with Crippen molar-refractivity contribution in [3.8, 4) is 0 Å². The lowest BCUT2D eigenvalue weighted by molar-refractivity contribution is -0.128. The number of ether oxygens (including phenoxy) is 1. The topological polar surface area (TPSA) is 63.7 Å². The van der Waals surface area contributed by atoms with Gasteiger partial charge in [0.1, 0.15) is 5.78 Å². The van der Waals surface area contributed by atoms with E-state index in [1.807, 2.05) is 0 Å². The molecule has 110 valence electrons. The predicted molar refractivity (Wildman–Crippen MR) is 72.3 cm³/mol. The van der Waals surface area contributed by atoms with Gasteiger partial charge in [0.2, 0.25) is 10.0 Å². The van der Waals surface area contributed by atoms with Crippen molar-refractivity contribution in [2.45, 2.75) is 32.1 Å². The van der Waals surface area contributed by atoms with Crippen LogP contribution in [0, 0.1) is 11.8 Å². The van der Waals surface area contributed by atoms with E-state index in [1.165, 1.54) is 10.6 Å². The van der Waals surface area contributed by atoms with Crippen LogP contribution in [0.25, 0.3) is 0 Å². The maximum Gasteiger partial charge on any atom is 0.211 e. The molecule has 2 fully saturated rings. The average molecular weight is 289 g/mol. The summed E-state index contributed by atoms with van der Waals surface area (Å²) in [4.78, 5) is 12.2. The Hall–Kier alpha value is -0.460. The summed E-state index contributed by atoms with van der Waals surface area (Å²) in [7, 11) is -3.12. The first kappa shape index (κ1) is 14.9. The van der Waals surface area contributed by atoms with Gasteiger partial charge in [0, 0.05) is 32.0 Å². The molecule has 2 rings (SSSR count). The summed E-state index contributed by atoms with van der Waals surface area (Å²) in [5, 5.41) is 0. The second-order valence-corrected chi connectivity index (χ2v) is 7.70. The third-order valence-electron chi connectivity index (χ3n) is 4.06. The van der Waals surface area contributed by atoms with Crippen LogP contribution in [0.15, 0.2) is 0 Å². The molecule has 0 spiro atoms. The zero-order valence-corrected chi connectivity index (χ0v) is 12.3. The summed E-state index contributed by atoms with van der Waals surface area (Å²) >= 11 is 0. The van der Waals surface area contributed by atoms with Crippen LogP contribution in [0.3, 0.4) is 0 Å². The van der Waals surface area contributed by atoms with E-state index in [9.17, 15) is 13.2 Å². The molecule has 5 nitrogen and oxygen atoms in total. The van der Waals surface area contributed by atoms with Crippen LogP contribution in [0.1, 0.15) is 32.1 Å². The molecule has 0 aromatic heterocycles. The summed E-state index contributed by atoms with van der Waals surface area (Å²) in [6.45, 7) is 2.39. The molecular weight excluding hydrogens is 266 g/mol. The molecule has 0 aromatic carbocycles. The smallest absolute Gasteiger partial charge is 0.211 e. The summed E-state index contributed by atoms with van der Waals surface area (Å²) in [5.74, 6) is 0.459. The average Bonchev–Trinajstić information content (AvgIpc) is 2.39. The molecule has 0 aliphatic carbocycles. The van der Waals surface area contributed by atoms with E-state index in [-0.39, 0.29) is 17.6 Å². The molecule has 19 heavy (non-hydrogen) atoms. The molecule has 0 radical (unpaired) electrons. The minimum Gasteiger partial charge on any atom is -0.381 e. The van der Waals surface area contributed by atoms with Crippen LogP contribution in [0.4, 0.5) is 0 Å². The highest BCUT2D eigenvalue weighted by molar-refractivity contribution is 7.88. The standard InChI is InChI=1S/C13H23NO4S/c1-19(16,17)14-6-2-4-11(9-14)8-13(15)12-5-3-7-18-10-12/h11-12H,2-10H2,1H3. The molecule has 0 N–H and O–H groups in total. The minimum atomic E-state index is -3.12. The van der Waals surface area contributed by atoms with Gasteiger partial charge in [-0.05, 0) is 31.6 Å². The van der Waals surface area contributed by atoms with Gasteiger partial charge in [0.25, 0.3) is 0 Å². The van der Waals surface area contributed by atoms with Crippen molar-refractivity contribution in [2.24, 2.45) is 11.8 Å². The van der Waals surface area contributed by atoms with Gasteiger partial charge in [-0.25, -0.2) is 12.7 Å². The second-order valence-electron chi connectivity index (χ2n) is 5.71. The van der Waals surface area contributed by atoms with Gasteiger partial charge in [0.05, 0.1) is 12.9 Å². The lowest BCUT2D eigenvalue weighted by Crippen LogP contribution is -2.40. The van der Waals surface area contributed by atoms with Crippen LogP contribution in [-0.4, -0.2) is 51.1 Å². The minimum absolute atomic E-state index is 0.0300. The molecule has 2 heterocycles. The largest absolute Gasteiger partial charge is 0.381 e. The Kier molecular flexibility index (Phi) is 4.97. The summed E-state index contributed by atoms with van der Waals surface area (Å²) in [5.41, 5.74) is 0. The lowest BCUT2D eigenvalue weighted by atomic mass is 9.87. The number of Topliss-reactive ketones (excluding diaryl/α,β-unsaturated/α-hetero) is 1. The second kappa shape index (κ2) is 6.33. The first-order valence-electron chi connectivity index (χ1n) is 7.02. The highest BCUT2D eigenvalue weighted by Crippen LogP contribution is 2.25. The van der Waals surface area contributed by atoms with Crippen molar-refractivity contribution < 1.29 is 17.9 Å². The van der Waals surface area contributed by atoms with Crippen molar-refractivity contribution in [2.75, 3.05) is 32.6 Å². The fourth-order valence-corrected chi connectivity index (χ4v) is 3.88. The fourth-order valence-electron chi connectivity index (χ4n) is 2.94. The predicted octanol–water partition coefficient (Wildman–Crippen LogP) is 1.04. The quantitative estimate of drug-likeness (QED) is 0.776. The third-order valence-corrected chi connectivity index (χ3v) is 5.33. The SMILES string of the molecule is CS(=O)(=O)N1CCCC(CC(=O)C2CCCOC2)C1.